The minimum absolute atomic E-state index is 0.893. The summed E-state index contributed by atoms with van der Waals surface area (Å²) < 4.78 is 6.57. The summed E-state index contributed by atoms with van der Waals surface area (Å²) in [7, 11) is 0. The molecule has 0 amide bonds. The van der Waals surface area contributed by atoms with Gasteiger partial charge < -0.3 is 9.32 Å². The molecule has 0 N–H and O–H groups in total. The number of rotatable bonds is 7. The first-order chi connectivity index (χ1) is 26.8. The van der Waals surface area contributed by atoms with Gasteiger partial charge in [0.05, 0.1) is 0 Å². The van der Waals surface area contributed by atoms with Crippen LogP contribution in [-0.2, 0) is 0 Å². The first-order valence-electron chi connectivity index (χ1n) is 18.4. The van der Waals surface area contributed by atoms with Crippen LogP contribution >= 0.6 is 0 Å². The van der Waals surface area contributed by atoms with E-state index in [9.17, 15) is 0 Å². The van der Waals surface area contributed by atoms with Crippen molar-refractivity contribution in [2.75, 3.05) is 4.90 Å². The molecule has 0 aliphatic rings. The lowest BCUT2D eigenvalue weighted by Gasteiger charge is -2.26. The molecular formula is C52H35NO. The number of anilines is 3. The molecule has 0 fully saturated rings. The molecule has 1 heterocycles. The highest BCUT2D eigenvalue weighted by Gasteiger charge is 2.17. The summed E-state index contributed by atoms with van der Waals surface area (Å²) in [6.07, 6.45) is 0. The van der Waals surface area contributed by atoms with Gasteiger partial charge in [0.2, 0.25) is 0 Å². The van der Waals surface area contributed by atoms with Crippen molar-refractivity contribution in [2.24, 2.45) is 0 Å². The molecule has 2 nitrogen and oxygen atoms in total. The van der Waals surface area contributed by atoms with Gasteiger partial charge >= 0.3 is 0 Å². The fourth-order valence-electron chi connectivity index (χ4n) is 7.77. The molecule has 254 valence electrons. The molecule has 0 atom stereocenters. The van der Waals surface area contributed by atoms with Crippen molar-refractivity contribution in [3.8, 4) is 44.5 Å². The van der Waals surface area contributed by atoms with Crippen LogP contribution in [0.5, 0.6) is 0 Å². The molecule has 0 saturated heterocycles. The van der Waals surface area contributed by atoms with Gasteiger partial charge in [0, 0.05) is 33.2 Å². The highest BCUT2D eigenvalue weighted by Crippen LogP contribution is 2.42. The topological polar surface area (TPSA) is 16.4 Å². The zero-order valence-corrected chi connectivity index (χ0v) is 29.6. The van der Waals surface area contributed by atoms with E-state index >= 15 is 0 Å². The minimum Gasteiger partial charge on any atom is -0.455 e. The fraction of sp³-hybridized carbons (Fsp3) is 0. The Kier molecular flexibility index (Phi) is 7.85. The number of furan rings is 1. The summed E-state index contributed by atoms with van der Waals surface area (Å²) in [5.41, 5.74) is 14.6. The fourth-order valence-corrected chi connectivity index (χ4v) is 7.77. The normalized spacial score (nSPS) is 11.3. The molecule has 0 saturated carbocycles. The Hall–Kier alpha value is -7.16. The van der Waals surface area contributed by atoms with Gasteiger partial charge in [-0.2, -0.15) is 0 Å². The number of hydrogen-bond donors (Lipinski definition) is 0. The third-order valence-corrected chi connectivity index (χ3v) is 10.5. The van der Waals surface area contributed by atoms with Crippen LogP contribution in [0.15, 0.2) is 217 Å². The van der Waals surface area contributed by atoms with Crippen LogP contribution in [-0.4, -0.2) is 0 Å². The second kappa shape index (κ2) is 13.4. The summed E-state index contributed by atoms with van der Waals surface area (Å²) in [5, 5.41) is 4.57. The molecule has 10 aromatic rings. The Bertz CT molecular complexity index is 2890. The van der Waals surface area contributed by atoms with Gasteiger partial charge in [-0.3, -0.25) is 0 Å². The Labute approximate surface area is 314 Å². The zero-order valence-electron chi connectivity index (χ0n) is 29.6. The van der Waals surface area contributed by atoms with E-state index in [-0.39, 0.29) is 0 Å². The summed E-state index contributed by atoms with van der Waals surface area (Å²) in [6.45, 7) is 0. The second-order valence-electron chi connectivity index (χ2n) is 13.7. The van der Waals surface area contributed by atoms with E-state index in [1.54, 1.807) is 0 Å². The summed E-state index contributed by atoms with van der Waals surface area (Å²) >= 11 is 0. The van der Waals surface area contributed by atoms with Crippen molar-refractivity contribution in [3.63, 3.8) is 0 Å². The predicted molar refractivity (Wildman–Crippen MR) is 228 cm³/mol. The predicted octanol–water partition coefficient (Wildman–Crippen LogP) is 14.9. The third-order valence-electron chi connectivity index (χ3n) is 10.5. The number of fused-ring (bicyclic) bond motifs is 5. The highest BCUT2D eigenvalue weighted by molar-refractivity contribution is 6.19. The van der Waals surface area contributed by atoms with Gasteiger partial charge in [-0.15, -0.1) is 0 Å². The van der Waals surface area contributed by atoms with Crippen molar-refractivity contribution >= 4 is 49.8 Å². The molecule has 2 heteroatoms. The van der Waals surface area contributed by atoms with Gasteiger partial charge in [0.15, 0.2) is 0 Å². The number of nitrogens with zero attached hydrogens (tertiary/aromatic N) is 1. The van der Waals surface area contributed by atoms with Crippen LogP contribution < -0.4 is 4.90 Å². The van der Waals surface area contributed by atoms with E-state index in [2.05, 4.69) is 217 Å². The quantitative estimate of drug-likeness (QED) is 0.166. The molecule has 54 heavy (non-hydrogen) atoms. The Morgan fingerprint density at radius 3 is 1.41 bits per heavy atom. The average Bonchev–Trinajstić information content (AvgIpc) is 3.63. The highest BCUT2D eigenvalue weighted by atomic mass is 16.3. The molecule has 0 radical (unpaired) electrons. The molecule has 9 aromatic carbocycles. The average molecular weight is 690 g/mol. The Morgan fingerprint density at radius 2 is 0.759 bits per heavy atom. The van der Waals surface area contributed by atoms with Gasteiger partial charge in [-0.25, -0.2) is 0 Å². The Morgan fingerprint density at radius 1 is 0.278 bits per heavy atom. The van der Waals surface area contributed by atoms with Gasteiger partial charge in [-0.1, -0.05) is 158 Å². The molecule has 0 unspecified atom stereocenters. The molecule has 10 rings (SSSR count). The van der Waals surface area contributed by atoms with Crippen LogP contribution in [0, 0.1) is 0 Å². The van der Waals surface area contributed by atoms with Crippen molar-refractivity contribution in [1.82, 2.24) is 0 Å². The molecule has 1 aromatic heterocycles. The van der Waals surface area contributed by atoms with Crippen molar-refractivity contribution in [1.29, 1.82) is 0 Å². The lowest BCUT2D eigenvalue weighted by atomic mass is 9.95. The SMILES string of the molecule is c1ccc(-c2ccc(N(c3ccc(-c4ccc5oc6c7ccccc7c(-c7ccccc7)cc6c5c4)cc3)c3cccc(-c4ccccc4)c3)cc2)cc1. The number of benzene rings is 9. The van der Waals surface area contributed by atoms with Crippen LogP contribution in [0.4, 0.5) is 17.1 Å². The second-order valence-corrected chi connectivity index (χ2v) is 13.7. The van der Waals surface area contributed by atoms with Crippen molar-refractivity contribution in [3.05, 3.63) is 212 Å². The zero-order chi connectivity index (χ0) is 35.8. The van der Waals surface area contributed by atoms with E-state index < -0.39 is 0 Å². The summed E-state index contributed by atoms with van der Waals surface area (Å²) in [4.78, 5) is 2.34. The van der Waals surface area contributed by atoms with E-state index in [0.717, 1.165) is 55.5 Å². The van der Waals surface area contributed by atoms with Crippen molar-refractivity contribution < 1.29 is 4.42 Å². The lowest BCUT2D eigenvalue weighted by Crippen LogP contribution is -2.10. The van der Waals surface area contributed by atoms with E-state index in [4.69, 9.17) is 4.42 Å². The molecular weight excluding hydrogens is 655 g/mol. The van der Waals surface area contributed by atoms with E-state index in [0.29, 0.717) is 0 Å². The van der Waals surface area contributed by atoms with Crippen LogP contribution in [0.25, 0.3) is 77.2 Å². The van der Waals surface area contributed by atoms with Crippen LogP contribution in [0.2, 0.25) is 0 Å². The lowest BCUT2D eigenvalue weighted by molar-refractivity contribution is 0.673. The monoisotopic (exact) mass is 689 g/mol. The smallest absolute Gasteiger partial charge is 0.143 e. The van der Waals surface area contributed by atoms with E-state index in [1.807, 2.05) is 0 Å². The van der Waals surface area contributed by atoms with Gasteiger partial charge in [0.1, 0.15) is 11.2 Å². The van der Waals surface area contributed by atoms with Gasteiger partial charge in [-0.05, 0) is 104 Å². The Balaban J connectivity index is 1.06. The van der Waals surface area contributed by atoms with E-state index in [1.165, 1.54) is 38.8 Å². The standard InChI is InChI=1S/C52H35NO/c1-4-13-36(14-5-1)38-23-28-43(29-24-38)53(45-20-12-19-41(33-45)37-15-6-2-7-16-37)44-30-25-39(26-31-44)42-27-32-51-49(34-42)50-35-48(40-17-8-3-9-18-40)46-21-10-11-22-47(46)52(50)54-51/h1-35H. The first-order valence-corrected chi connectivity index (χ1v) is 18.4. The number of hydrogen-bond acceptors (Lipinski definition) is 2. The minimum atomic E-state index is 0.893. The molecule has 0 spiro atoms. The van der Waals surface area contributed by atoms with Crippen LogP contribution in [0.1, 0.15) is 0 Å². The van der Waals surface area contributed by atoms with Gasteiger partial charge in [0.25, 0.3) is 0 Å². The summed E-state index contributed by atoms with van der Waals surface area (Å²) in [6, 6.07) is 75.8. The maximum atomic E-state index is 6.57. The summed E-state index contributed by atoms with van der Waals surface area (Å²) in [5.74, 6) is 0. The first kappa shape index (κ1) is 31.6. The maximum Gasteiger partial charge on any atom is 0.143 e. The largest absolute Gasteiger partial charge is 0.455 e. The van der Waals surface area contributed by atoms with Crippen molar-refractivity contribution in [2.45, 2.75) is 0 Å². The molecule has 0 bridgehead atoms. The molecule has 0 aliphatic carbocycles. The van der Waals surface area contributed by atoms with Crippen LogP contribution in [0.3, 0.4) is 0 Å². The third kappa shape index (κ3) is 5.71. The molecule has 0 aliphatic heterocycles. The maximum absolute atomic E-state index is 6.57.